The molecule has 0 aliphatic heterocycles. The number of carbonyl (C=O) groups is 1. The summed E-state index contributed by atoms with van der Waals surface area (Å²) in [6.07, 6.45) is 9.78. The van der Waals surface area contributed by atoms with Crippen LogP contribution in [0.15, 0.2) is 24.3 Å². The van der Waals surface area contributed by atoms with Gasteiger partial charge >= 0.3 is 0 Å². The van der Waals surface area contributed by atoms with E-state index in [2.05, 4.69) is 19.2 Å². The normalized spacial score (nSPS) is 25.4. The molecule has 2 saturated carbocycles. The number of carbonyl (C=O) groups excluding carboxylic acids is 1. The summed E-state index contributed by atoms with van der Waals surface area (Å²) in [4.78, 5) is 12.3. The number of hydrogen-bond acceptors (Lipinski definition) is 3. The number of fused-ring (bicyclic) bond motifs is 2. The Morgan fingerprint density at radius 3 is 2.81 bits per heavy atom. The van der Waals surface area contributed by atoms with Crippen molar-refractivity contribution in [2.75, 3.05) is 13.7 Å². The molecule has 0 spiro atoms. The van der Waals surface area contributed by atoms with E-state index in [1.54, 1.807) is 13.2 Å². The van der Waals surface area contributed by atoms with Crippen molar-refractivity contribution in [3.63, 3.8) is 0 Å². The molecule has 4 unspecified atom stereocenters. The number of ether oxygens (including phenoxy) is 2. The van der Waals surface area contributed by atoms with Crippen molar-refractivity contribution < 1.29 is 14.3 Å². The van der Waals surface area contributed by atoms with Crippen LogP contribution in [0.2, 0.25) is 0 Å². The predicted octanol–water partition coefficient (Wildman–Crippen LogP) is 4.44. The second kappa shape index (κ2) is 8.61. The van der Waals surface area contributed by atoms with Gasteiger partial charge in [0.1, 0.15) is 0 Å². The molecule has 4 atom stereocenters. The Kier molecular flexibility index (Phi) is 6.23. The first-order valence-corrected chi connectivity index (χ1v) is 9.90. The lowest BCUT2D eigenvalue weighted by molar-refractivity contribution is -0.117. The fourth-order valence-electron chi connectivity index (χ4n) is 4.58. The quantitative estimate of drug-likeness (QED) is 0.700. The van der Waals surface area contributed by atoms with E-state index in [0.717, 1.165) is 29.6 Å². The lowest BCUT2D eigenvalue weighted by Gasteiger charge is -2.28. The van der Waals surface area contributed by atoms with E-state index < -0.39 is 0 Å². The van der Waals surface area contributed by atoms with E-state index in [1.165, 1.54) is 25.7 Å². The molecule has 2 bridgehead atoms. The molecule has 0 saturated heterocycles. The minimum atomic E-state index is -0.0226. The zero-order chi connectivity index (χ0) is 18.5. The monoisotopic (exact) mass is 357 g/mol. The SMILES string of the molecule is CCCOc1ccc(/C=C/C(=O)NC(C)C2CC3CCC2C3)cc1OC. The Morgan fingerprint density at radius 2 is 2.15 bits per heavy atom. The zero-order valence-electron chi connectivity index (χ0n) is 16.2. The summed E-state index contributed by atoms with van der Waals surface area (Å²) in [5, 5.41) is 3.16. The highest BCUT2D eigenvalue weighted by molar-refractivity contribution is 5.92. The van der Waals surface area contributed by atoms with Gasteiger partial charge in [0, 0.05) is 12.1 Å². The molecule has 4 heteroatoms. The van der Waals surface area contributed by atoms with Crippen molar-refractivity contribution in [3.05, 3.63) is 29.8 Å². The molecule has 1 aromatic rings. The maximum Gasteiger partial charge on any atom is 0.244 e. The molecular weight excluding hydrogens is 326 g/mol. The summed E-state index contributed by atoms with van der Waals surface area (Å²) in [7, 11) is 1.63. The van der Waals surface area contributed by atoms with Crippen molar-refractivity contribution in [1.82, 2.24) is 5.32 Å². The smallest absolute Gasteiger partial charge is 0.244 e. The van der Waals surface area contributed by atoms with Gasteiger partial charge in [0.05, 0.1) is 13.7 Å². The van der Waals surface area contributed by atoms with Crippen LogP contribution in [0.1, 0.15) is 51.5 Å². The third-order valence-corrected chi connectivity index (χ3v) is 5.88. The number of benzene rings is 1. The molecule has 4 nitrogen and oxygen atoms in total. The van der Waals surface area contributed by atoms with Crippen LogP contribution in [0.3, 0.4) is 0 Å². The molecule has 1 amide bonds. The number of nitrogens with one attached hydrogen (secondary N) is 1. The van der Waals surface area contributed by atoms with Gasteiger partial charge in [-0.1, -0.05) is 19.4 Å². The first-order valence-electron chi connectivity index (χ1n) is 9.90. The van der Waals surface area contributed by atoms with E-state index in [4.69, 9.17) is 9.47 Å². The summed E-state index contributed by atoms with van der Waals surface area (Å²) >= 11 is 0. The lowest BCUT2D eigenvalue weighted by atomic mass is 9.84. The molecule has 3 rings (SSSR count). The molecule has 142 valence electrons. The first-order chi connectivity index (χ1) is 12.6. The van der Waals surface area contributed by atoms with E-state index >= 15 is 0 Å². The number of amides is 1. The Labute approximate surface area is 157 Å². The highest BCUT2D eigenvalue weighted by Gasteiger charge is 2.41. The van der Waals surface area contributed by atoms with Crippen LogP contribution in [-0.2, 0) is 4.79 Å². The highest BCUT2D eigenvalue weighted by Crippen LogP contribution is 2.49. The molecule has 2 aliphatic rings. The van der Waals surface area contributed by atoms with Crippen LogP contribution < -0.4 is 14.8 Å². The fraction of sp³-hybridized carbons (Fsp3) is 0.591. The van der Waals surface area contributed by atoms with Gasteiger partial charge in [-0.2, -0.15) is 0 Å². The largest absolute Gasteiger partial charge is 0.493 e. The van der Waals surface area contributed by atoms with Gasteiger partial charge in [-0.05, 0) is 74.1 Å². The van der Waals surface area contributed by atoms with E-state index in [0.29, 0.717) is 18.3 Å². The highest BCUT2D eigenvalue weighted by atomic mass is 16.5. The third-order valence-electron chi connectivity index (χ3n) is 5.88. The number of methoxy groups -OCH3 is 1. The Morgan fingerprint density at radius 1 is 1.31 bits per heavy atom. The minimum Gasteiger partial charge on any atom is -0.493 e. The van der Waals surface area contributed by atoms with E-state index in [-0.39, 0.29) is 11.9 Å². The molecule has 2 aliphatic carbocycles. The lowest BCUT2D eigenvalue weighted by Crippen LogP contribution is -2.39. The number of rotatable bonds is 8. The van der Waals surface area contributed by atoms with Gasteiger partial charge in [-0.25, -0.2) is 0 Å². The Bertz CT molecular complexity index is 655. The minimum absolute atomic E-state index is 0.0226. The standard InChI is InChI=1S/C22H31NO3/c1-4-11-26-20-9-6-16(14-21(20)25-3)7-10-22(24)23-15(2)19-13-17-5-8-18(19)12-17/h6-7,9-10,14-15,17-19H,4-5,8,11-13H2,1-3H3,(H,23,24)/b10-7+. The maximum atomic E-state index is 12.3. The topological polar surface area (TPSA) is 47.6 Å². The second-order valence-corrected chi connectivity index (χ2v) is 7.73. The van der Waals surface area contributed by atoms with Gasteiger partial charge in [0.2, 0.25) is 5.91 Å². The van der Waals surface area contributed by atoms with Crippen molar-refractivity contribution in [1.29, 1.82) is 0 Å². The van der Waals surface area contributed by atoms with Crippen LogP contribution in [0.5, 0.6) is 11.5 Å². The van der Waals surface area contributed by atoms with Gasteiger partial charge in [0.25, 0.3) is 0 Å². The molecule has 1 N–H and O–H groups in total. The second-order valence-electron chi connectivity index (χ2n) is 7.73. The third kappa shape index (κ3) is 4.40. The van der Waals surface area contributed by atoms with Crippen molar-refractivity contribution >= 4 is 12.0 Å². The average molecular weight is 357 g/mol. The molecule has 0 aromatic heterocycles. The molecular formula is C22H31NO3. The Balaban J connectivity index is 1.55. The average Bonchev–Trinajstić information content (AvgIpc) is 3.28. The first kappa shape index (κ1) is 18.8. The van der Waals surface area contributed by atoms with Crippen LogP contribution in [-0.4, -0.2) is 25.7 Å². The molecule has 0 heterocycles. The predicted molar refractivity (Wildman–Crippen MR) is 104 cm³/mol. The van der Waals surface area contributed by atoms with Gasteiger partial charge in [-0.15, -0.1) is 0 Å². The van der Waals surface area contributed by atoms with Crippen LogP contribution in [0.4, 0.5) is 0 Å². The molecule has 26 heavy (non-hydrogen) atoms. The summed E-state index contributed by atoms with van der Waals surface area (Å²) < 4.78 is 11.1. The zero-order valence-corrected chi connectivity index (χ0v) is 16.2. The Hall–Kier alpha value is -1.97. The van der Waals surface area contributed by atoms with Gasteiger partial charge in [0.15, 0.2) is 11.5 Å². The molecule has 0 radical (unpaired) electrons. The number of hydrogen-bond donors (Lipinski definition) is 1. The van der Waals surface area contributed by atoms with Gasteiger partial charge < -0.3 is 14.8 Å². The van der Waals surface area contributed by atoms with Crippen molar-refractivity contribution in [2.45, 2.75) is 52.0 Å². The summed E-state index contributed by atoms with van der Waals surface area (Å²) in [5.74, 6) is 3.78. The van der Waals surface area contributed by atoms with E-state index in [9.17, 15) is 4.79 Å². The summed E-state index contributed by atoms with van der Waals surface area (Å²) in [5.41, 5.74) is 0.924. The van der Waals surface area contributed by atoms with Crippen molar-refractivity contribution in [3.8, 4) is 11.5 Å². The van der Waals surface area contributed by atoms with Crippen molar-refractivity contribution in [2.24, 2.45) is 17.8 Å². The van der Waals surface area contributed by atoms with E-state index in [1.807, 2.05) is 24.3 Å². The fourth-order valence-corrected chi connectivity index (χ4v) is 4.58. The van der Waals surface area contributed by atoms with Crippen LogP contribution >= 0.6 is 0 Å². The molecule has 1 aromatic carbocycles. The molecule has 2 fully saturated rings. The summed E-state index contributed by atoms with van der Waals surface area (Å²) in [6.45, 7) is 4.88. The summed E-state index contributed by atoms with van der Waals surface area (Å²) in [6, 6.07) is 5.98. The van der Waals surface area contributed by atoms with Crippen LogP contribution in [0, 0.1) is 17.8 Å². The van der Waals surface area contributed by atoms with Crippen LogP contribution in [0.25, 0.3) is 6.08 Å². The van der Waals surface area contributed by atoms with Gasteiger partial charge in [-0.3, -0.25) is 4.79 Å². The maximum absolute atomic E-state index is 12.3.